The summed E-state index contributed by atoms with van der Waals surface area (Å²) in [6.45, 7) is 5.95. The number of anilines is 2. The molecule has 1 heterocycles. The molecule has 0 bridgehead atoms. The Morgan fingerprint density at radius 3 is 1.65 bits per heavy atom. The smallest absolute Gasteiger partial charge is 0.0412 e. The van der Waals surface area contributed by atoms with Gasteiger partial charge >= 0.3 is 0 Å². The van der Waals surface area contributed by atoms with Crippen LogP contribution < -0.4 is 10.6 Å². The summed E-state index contributed by atoms with van der Waals surface area (Å²) in [7, 11) is 0. The summed E-state index contributed by atoms with van der Waals surface area (Å²) in [4.78, 5) is 0. The van der Waals surface area contributed by atoms with Gasteiger partial charge in [0, 0.05) is 24.5 Å². The van der Waals surface area contributed by atoms with Gasteiger partial charge in [0.2, 0.25) is 0 Å². The van der Waals surface area contributed by atoms with E-state index in [0.29, 0.717) is 0 Å². The van der Waals surface area contributed by atoms with Gasteiger partial charge in [0.25, 0.3) is 0 Å². The van der Waals surface area contributed by atoms with Crippen LogP contribution in [0.3, 0.4) is 0 Å². The first-order valence-electron chi connectivity index (χ1n) is 7.86. The lowest BCUT2D eigenvalue weighted by atomic mass is 10.1. The van der Waals surface area contributed by atoms with E-state index in [0.717, 1.165) is 13.1 Å². The van der Waals surface area contributed by atoms with Gasteiger partial charge in [0.15, 0.2) is 0 Å². The maximum atomic E-state index is 3.51. The zero-order valence-electron chi connectivity index (χ0n) is 13.6. The van der Waals surface area contributed by atoms with Gasteiger partial charge < -0.3 is 10.6 Å². The zero-order chi connectivity index (χ0) is 16.1. The van der Waals surface area contributed by atoms with Crippen molar-refractivity contribution in [2.24, 2.45) is 0 Å². The Morgan fingerprint density at radius 2 is 1.22 bits per heavy atom. The Morgan fingerprint density at radius 1 is 0.739 bits per heavy atom. The first-order valence-corrected chi connectivity index (χ1v) is 8.80. The molecule has 2 nitrogen and oxygen atoms in total. The lowest BCUT2D eigenvalue weighted by Gasteiger charge is -2.10. The van der Waals surface area contributed by atoms with Crippen LogP contribution in [0.2, 0.25) is 0 Å². The Balaban J connectivity index is 1.61. The van der Waals surface area contributed by atoms with Crippen molar-refractivity contribution in [1.29, 1.82) is 0 Å². The van der Waals surface area contributed by atoms with Crippen molar-refractivity contribution in [3.63, 3.8) is 0 Å². The highest BCUT2D eigenvalue weighted by Gasteiger charge is 2.04. The molecule has 0 unspecified atom stereocenters. The SMILES string of the molecule is Cc1cccc(NCc2cscc2CNc2cccc(C)c2)c1. The third-order valence-electron chi connectivity index (χ3n) is 3.84. The van der Waals surface area contributed by atoms with E-state index in [1.807, 2.05) is 0 Å². The van der Waals surface area contributed by atoms with E-state index in [9.17, 15) is 0 Å². The highest BCUT2D eigenvalue weighted by Crippen LogP contribution is 2.20. The molecule has 2 aromatic carbocycles. The first-order chi connectivity index (χ1) is 11.2. The lowest BCUT2D eigenvalue weighted by molar-refractivity contribution is 1.07. The van der Waals surface area contributed by atoms with Crippen LogP contribution in [0, 0.1) is 13.8 Å². The lowest BCUT2D eigenvalue weighted by Crippen LogP contribution is -2.05. The molecular weight excluding hydrogens is 300 g/mol. The normalized spacial score (nSPS) is 10.5. The molecule has 23 heavy (non-hydrogen) atoms. The monoisotopic (exact) mass is 322 g/mol. The number of thiophene rings is 1. The summed E-state index contributed by atoms with van der Waals surface area (Å²) in [5.41, 5.74) is 7.62. The minimum absolute atomic E-state index is 0.859. The Hall–Kier alpha value is -2.26. The Labute approximate surface area is 142 Å². The molecule has 0 radical (unpaired) electrons. The van der Waals surface area contributed by atoms with E-state index in [-0.39, 0.29) is 0 Å². The Kier molecular flexibility index (Phi) is 4.99. The maximum Gasteiger partial charge on any atom is 0.0412 e. The molecule has 0 spiro atoms. The van der Waals surface area contributed by atoms with Crippen LogP contribution in [0.5, 0.6) is 0 Å². The topological polar surface area (TPSA) is 24.1 Å². The highest BCUT2D eigenvalue weighted by atomic mass is 32.1. The van der Waals surface area contributed by atoms with Gasteiger partial charge in [0.1, 0.15) is 0 Å². The fourth-order valence-electron chi connectivity index (χ4n) is 2.56. The molecule has 3 aromatic rings. The molecule has 0 amide bonds. The van der Waals surface area contributed by atoms with Gasteiger partial charge in [-0.3, -0.25) is 0 Å². The van der Waals surface area contributed by atoms with Gasteiger partial charge in [-0.1, -0.05) is 24.3 Å². The fourth-order valence-corrected chi connectivity index (χ4v) is 3.43. The summed E-state index contributed by atoms with van der Waals surface area (Å²) in [6.07, 6.45) is 0. The summed E-state index contributed by atoms with van der Waals surface area (Å²) in [5, 5.41) is 11.5. The van der Waals surface area contributed by atoms with Crippen molar-refractivity contribution in [3.8, 4) is 0 Å². The molecule has 2 N–H and O–H groups in total. The number of benzene rings is 2. The van der Waals surface area contributed by atoms with E-state index in [2.05, 4.69) is 83.8 Å². The Bertz CT molecular complexity index is 713. The average Bonchev–Trinajstić information content (AvgIpc) is 2.99. The van der Waals surface area contributed by atoms with Crippen molar-refractivity contribution >= 4 is 22.7 Å². The van der Waals surface area contributed by atoms with Crippen LogP contribution in [0.1, 0.15) is 22.3 Å². The van der Waals surface area contributed by atoms with Crippen LogP contribution in [0.4, 0.5) is 11.4 Å². The molecular formula is C20H22N2S. The molecule has 0 aliphatic carbocycles. The van der Waals surface area contributed by atoms with Crippen LogP contribution >= 0.6 is 11.3 Å². The number of aryl methyl sites for hydroxylation is 2. The van der Waals surface area contributed by atoms with Crippen LogP contribution in [-0.4, -0.2) is 0 Å². The van der Waals surface area contributed by atoms with E-state index in [4.69, 9.17) is 0 Å². The summed E-state index contributed by atoms with van der Waals surface area (Å²) in [5.74, 6) is 0. The first kappa shape index (κ1) is 15.6. The van der Waals surface area contributed by atoms with E-state index in [1.165, 1.54) is 33.6 Å². The summed E-state index contributed by atoms with van der Waals surface area (Å²) < 4.78 is 0. The van der Waals surface area contributed by atoms with E-state index < -0.39 is 0 Å². The van der Waals surface area contributed by atoms with Crippen molar-refractivity contribution in [3.05, 3.63) is 81.5 Å². The van der Waals surface area contributed by atoms with Gasteiger partial charge in [-0.2, -0.15) is 11.3 Å². The molecule has 118 valence electrons. The van der Waals surface area contributed by atoms with Crippen molar-refractivity contribution < 1.29 is 0 Å². The summed E-state index contributed by atoms with van der Waals surface area (Å²) in [6, 6.07) is 17.0. The maximum absolute atomic E-state index is 3.51. The molecule has 0 aliphatic heterocycles. The fraction of sp³-hybridized carbons (Fsp3) is 0.200. The predicted octanol–water partition coefficient (Wildman–Crippen LogP) is 5.59. The van der Waals surface area contributed by atoms with E-state index >= 15 is 0 Å². The van der Waals surface area contributed by atoms with Crippen molar-refractivity contribution in [2.45, 2.75) is 26.9 Å². The van der Waals surface area contributed by atoms with Gasteiger partial charge in [-0.25, -0.2) is 0 Å². The molecule has 0 saturated carbocycles. The van der Waals surface area contributed by atoms with Crippen molar-refractivity contribution in [1.82, 2.24) is 0 Å². The molecule has 0 aliphatic rings. The van der Waals surface area contributed by atoms with E-state index in [1.54, 1.807) is 11.3 Å². The second kappa shape index (κ2) is 7.34. The second-order valence-corrected chi connectivity index (χ2v) is 6.61. The minimum Gasteiger partial charge on any atom is -0.381 e. The van der Waals surface area contributed by atoms with Crippen LogP contribution in [-0.2, 0) is 13.1 Å². The largest absolute Gasteiger partial charge is 0.381 e. The summed E-state index contributed by atoms with van der Waals surface area (Å²) >= 11 is 1.76. The number of nitrogens with one attached hydrogen (secondary N) is 2. The van der Waals surface area contributed by atoms with Crippen LogP contribution in [0.15, 0.2) is 59.3 Å². The quantitative estimate of drug-likeness (QED) is 0.618. The third kappa shape index (κ3) is 4.36. The van der Waals surface area contributed by atoms with Gasteiger partial charge in [0.05, 0.1) is 0 Å². The molecule has 0 fully saturated rings. The minimum atomic E-state index is 0.859. The number of hydrogen-bond acceptors (Lipinski definition) is 3. The van der Waals surface area contributed by atoms with Gasteiger partial charge in [-0.15, -0.1) is 0 Å². The van der Waals surface area contributed by atoms with Crippen molar-refractivity contribution in [2.75, 3.05) is 10.6 Å². The highest BCUT2D eigenvalue weighted by molar-refractivity contribution is 7.08. The predicted molar refractivity (Wildman–Crippen MR) is 101 cm³/mol. The second-order valence-electron chi connectivity index (χ2n) is 5.87. The van der Waals surface area contributed by atoms with Crippen LogP contribution in [0.25, 0.3) is 0 Å². The third-order valence-corrected chi connectivity index (χ3v) is 4.68. The van der Waals surface area contributed by atoms with Gasteiger partial charge in [-0.05, 0) is 71.1 Å². The molecule has 1 aromatic heterocycles. The number of hydrogen-bond donors (Lipinski definition) is 2. The standard InChI is InChI=1S/C20H22N2S/c1-15-5-3-7-19(9-15)21-11-17-13-23-14-18(17)12-22-20-8-4-6-16(2)10-20/h3-10,13-14,21-22H,11-12H2,1-2H3. The average molecular weight is 322 g/mol. The molecule has 0 atom stereocenters. The molecule has 0 saturated heterocycles. The number of rotatable bonds is 6. The zero-order valence-corrected chi connectivity index (χ0v) is 14.4. The molecule has 3 heteroatoms. The molecule has 3 rings (SSSR count).